The molecule has 2 aromatic heterocycles. The van der Waals surface area contributed by atoms with E-state index < -0.39 is 5.82 Å². The normalized spacial score (nSPS) is 18.4. The van der Waals surface area contributed by atoms with Gasteiger partial charge in [-0.2, -0.15) is 0 Å². The number of likely N-dealkylation sites (tertiary alicyclic amines) is 1. The predicted octanol–water partition coefficient (Wildman–Crippen LogP) is 2.46. The van der Waals surface area contributed by atoms with Crippen LogP contribution in [0.15, 0.2) is 18.3 Å². The molecule has 28 heavy (non-hydrogen) atoms. The number of halogens is 1. The zero-order valence-electron chi connectivity index (χ0n) is 16.0. The third-order valence-corrected chi connectivity index (χ3v) is 5.35. The van der Waals surface area contributed by atoms with Crippen LogP contribution in [-0.2, 0) is 13.0 Å². The molecule has 1 N–H and O–H groups in total. The van der Waals surface area contributed by atoms with Crippen LogP contribution >= 0.6 is 0 Å². The first-order chi connectivity index (χ1) is 13.6. The molecule has 1 unspecified atom stereocenters. The van der Waals surface area contributed by atoms with Gasteiger partial charge in [0.2, 0.25) is 0 Å². The molecule has 9 heteroatoms. The molecule has 0 spiro atoms. The fraction of sp³-hybridized carbons (Fsp3) is 0.579. The summed E-state index contributed by atoms with van der Waals surface area (Å²) in [6.45, 7) is 3.94. The first-order valence-electron chi connectivity index (χ1n) is 9.86. The summed E-state index contributed by atoms with van der Waals surface area (Å²) < 4.78 is 21.4. The van der Waals surface area contributed by atoms with Crippen LogP contribution in [0.5, 0.6) is 5.88 Å². The van der Waals surface area contributed by atoms with Crippen molar-refractivity contribution in [1.29, 1.82) is 0 Å². The maximum atomic E-state index is 13.7. The van der Waals surface area contributed by atoms with Crippen molar-refractivity contribution in [2.24, 2.45) is 0 Å². The molecule has 150 valence electrons. The van der Waals surface area contributed by atoms with E-state index in [9.17, 15) is 9.18 Å². The number of pyridine rings is 1. The lowest BCUT2D eigenvalue weighted by molar-refractivity contribution is 0.102. The van der Waals surface area contributed by atoms with Crippen molar-refractivity contribution < 1.29 is 13.9 Å². The number of aromatic nitrogens is 4. The highest BCUT2D eigenvalue weighted by Gasteiger charge is 2.27. The fourth-order valence-corrected chi connectivity index (χ4v) is 3.78. The number of rotatable bonds is 4. The Morgan fingerprint density at radius 2 is 2.11 bits per heavy atom. The van der Waals surface area contributed by atoms with E-state index in [0.29, 0.717) is 25.9 Å². The molecule has 0 saturated carbocycles. The van der Waals surface area contributed by atoms with Gasteiger partial charge in [0.05, 0.1) is 6.04 Å². The quantitative estimate of drug-likeness (QED) is 0.870. The molecule has 2 aliphatic heterocycles. The van der Waals surface area contributed by atoms with Crippen LogP contribution in [0.25, 0.3) is 0 Å². The monoisotopic (exact) mass is 388 g/mol. The molecule has 0 bridgehead atoms. The lowest BCUT2D eigenvalue weighted by Crippen LogP contribution is -2.47. The molecule has 1 fully saturated rings. The number of fused-ring (bicyclic) bond motifs is 1. The maximum absolute atomic E-state index is 13.7. The Hall–Kier alpha value is -2.71. The van der Waals surface area contributed by atoms with E-state index in [1.165, 1.54) is 18.3 Å². The number of hydrogen-bond acceptors (Lipinski definition) is 5. The van der Waals surface area contributed by atoms with Crippen molar-refractivity contribution in [3.63, 3.8) is 0 Å². The Labute approximate surface area is 163 Å². The lowest BCUT2D eigenvalue weighted by atomic mass is 10.1. The number of carbonyl (C=O) groups excluding carboxylic acids is 1. The number of nitrogens with zero attached hydrogens (tertiary/aromatic N) is 5. The Balaban J connectivity index is 1.29. The van der Waals surface area contributed by atoms with Gasteiger partial charge in [-0.15, -0.1) is 10.2 Å². The van der Waals surface area contributed by atoms with Crippen molar-refractivity contribution in [2.45, 2.75) is 57.7 Å². The van der Waals surface area contributed by atoms with Crippen LogP contribution in [-0.4, -0.2) is 49.9 Å². The Bertz CT molecular complexity index is 834. The molecule has 0 aliphatic carbocycles. The second kappa shape index (κ2) is 8.12. The molecule has 4 rings (SSSR count). The van der Waals surface area contributed by atoms with Gasteiger partial charge in [0.1, 0.15) is 11.9 Å². The predicted molar refractivity (Wildman–Crippen MR) is 99.3 cm³/mol. The van der Waals surface area contributed by atoms with E-state index in [-0.39, 0.29) is 24.1 Å². The molecule has 2 aromatic rings. The van der Waals surface area contributed by atoms with Gasteiger partial charge < -0.3 is 19.5 Å². The Morgan fingerprint density at radius 3 is 2.89 bits per heavy atom. The molecule has 8 nitrogen and oxygen atoms in total. The first kappa shape index (κ1) is 18.6. The molecule has 0 aromatic carbocycles. The summed E-state index contributed by atoms with van der Waals surface area (Å²) in [6.07, 6.45) is 5.83. The second-order valence-electron chi connectivity index (χ2n) is 7.35. The number of ether oxygens (including phenoxy) is 1. The molecule has 1 saturated heterocycles. The molecule has 2 amide bonds. The number of urea groups is 1. The van der Waals surface area contributed by atoms with E-state index in [4.69, 9.17) is 4.74 Å². The average molecular weight is 388 g/mol. The SMILES string of the molecule is CC(NC(=O)N1CCC(Oc2ncccc2F)CC1)c1nnc2n1CCCC2. The third kappa shape index (κ3) is 3.93. The standard InChI is InChI=1S/C19H25FN6O2/c1-13(17-24-23-16-6-2-3-10-26(16)17)22-19(27)25-11-7-14(8-12-25)28-18-15(20)5-4-9-21-18/h4-5,9,13-14H,2-3,6-8,10-12H2,1H3,(H,22,27). The summed E-state index contributed by atoms with van der Waals surface area (Å²) in [7, 11) is 0. The minimum atomic E-state index is -0.465. The van der Waals surface area contributed by atoms with Crippen molar-refractivity contribution in [1.82, 2.24) is 30.0 Å². The number of nitrogens with one attached hydrogen (secondary N) is 1. The van der Waals surface area contributed by atoms with Crippen molar-refractivity contribution in [3.8, 4) is 5.88 Å². The molecule has 2 aliphatic rings. The average Bonchev–Trinajstić information content (AvgIpc) is 3.14. The summed E-state index contributed by atoms with van der Waals surface area (Å²) in [6, 6.07) is 2.53. The van der Waals surface area contributed by atoms with Gasteiger partial charge in [-0.05, 0) is 31.9 Å². The van der Waals surface area contributed by atoms with Crippen LogP contribution in [0.3, 0.4) is 0 Å². The molecule has 1 atom stereocenters. The van der Waals surface area contributed by atoms with Crippen LogP contribution in [0, 0.1) is 5.82 Å². The van der Waals surface area contributed by atoms with Gasteiger partial charge in [-0.25, -0.2) is 14.2 Å². The summed E-state index contributed by atoms with van der Waals surface area (Å²) >= 11 is 0. The molecular formula is C19H25FN6O2. The second-order valence-corrected chi connectivity index (χ2v) is 7.35. The van der Waals surface area contributed by atoms with Crippen molar-refractivity contribution in [3.05, 3.63) is 35.8 Å². The topological polar surface area (TPSA) is 85.2 Å². The van der Waals surface area contributed by atoms with Crippen LogP contribution in [0.4, 0.5) is 9.18 Å². The number of aryl methyl sites for hydroxylation is 1. The molecule has 4 heterocycles. The third-order valence-electron chi connectivity index (χ3n) is 5.35. The van der Waals surface area contributed by atoms with Crippen LogP contribution in [0.2, 0.25) is 0 Å². The van der Waals surface area contributed by atoms with Crippen LogP contribution in [0.1, 0.15) is 50.3 Å². The number of piperidine rings is 1. The highest BCUT2D eigenvalue weighted by Crippen LogP contribution is 2.21. The van der Waals surface area contributed by atoms with Gasteiger partial charge in [-0.3, -0.25) is 0 Å². The molecule has 0 radical (unpaired) electrons. The Kier molecular flexibility index (Phi) is 5.40. The van der Waals surface area contributed by atoms with Gasteiger partial charge in [0.25, 0.3) is 5.88 Å². The Morgan fingerprint density at radius 1 is 1.29 bits per heavy atom. The summed E-state index contributed by atoms with van der Waals surface area (Å²) in [5.74, 6) is 1.37. The van der Waals surface area contributed by atoms with Crippen LogP contribution < -0.4 is 10.1 Å². The molecular weight excluding hydrogens is 363 g/mol. The highest BCUT2D eigenvalue weighted by molar-refractivity contribution is 5.74. The number of hydrogen-bond donors (Lipinski definition) is 1. The van der Waals surface area contributed by atoms with Gasteiger partial charge in [-0.1, -0.05) is 0 Å². The van der Waals surface area contributed by atoms with Crippen molar-refractivity contribution >= 4 is 6.03 Å². The van der Waals surface area contributed by atoms with Gasteiger partial charge >= 0.3 is 6.03 Å². The minimum Gasteiger partial charge on any atom is -0.472 e. The summed E-state index contributed by atoms with van der Waals surface area (Å²) in [4.78, 5) is 18.3. The zero-order chi connectivity index (χ0) is 19.5. The largest absolute Gasteiger partial charge is 0.472 e. The smallest absolute Gasteiger partial charge is 0.317 e. The number of amides is 2. The van der Waals surface area contributed by atoms with Gasteiger partial charge in [0, 0.05) is 45.1 Å². The minimum absolute atomic E-state index is 0.0237. The maximum Gasteiger partial charge on any atom is 0.317 e. The first-order valence-corrected chi connectivity index (χ1v) is 9.86. The van der Waals surface area contributed by atoms with Gasteiger partial charge in [0.15, 0.2) is 11.6 Å². The van der Waals surface area contributed by atoms with E-state index in [1.807, 2.05) is 6.92 Å². The summed E-state index contributed by atoms with van der Waals surface area (Å²) in [5, 5.41) is 11.6. The van der Waals surface area contributed by atoms with Crippen molar-refractivity contribution in [2.75, 3.05) is 13.1 Å². The highest BCUT2D eigenvalue weighted by atomic mass is 19.1. The lowest BCUT2D eigenvalue weighted by Gasteiger charge is -2.32. The zero-order valence-corrected chi connectivity index (χ0v) is 16.0. The van der Waals surface area contributed by atoms with E-state index >= 15 is 0 Å². The summed E-state index contributed by atoms with van der Waals surface area (Å²) in [5.41, 5.74) is 0. The number of carbonyl (C=O) groups is 1. The van der Waals surface area contributed by atoms with E-state index in [2.05, 4.69) is 25.1 Å². The van der Waals surface area contributed by atoms with E-state index in [0.717, 1.165) is 37.5 Å². The van der Waals surface area contributed by atoms with E-state index in [1.54, 1.807) is 4.90 Å². The fourth-order valence-electron chi connectivity index (χ4n) is 3.78.